The zero-order chi connectivity index (χ0) is 19.8. The molecule has 0 unspecified atom stereocenters. The van der Waals surface area contributed by atoms with Gasteiger partial charge in [-0.3, -0.25) is 4.79 Å². The summed E-state index contributed by atoms with van der Waals surface area (Å²) in [5, 5.41) is 2.97. The summed E-state index contributed by atoms with van der Waals surface area (Å²) in [6.45, 7) is 1.89. The van der Waals surface area contributed by atoms with Crippen molar-refractivity contribution in [2.45, 2.75) is 19.4 Å². The zero-order valence-electron chi connectivity index (χ0n) is 16.2. The molecule has 0 saturated carbocycles. The number of amides is 1. The fraction of sp³-hybridized carbons (Fsp3) is 0.208. The Labute approximate surface area is 166 Å². The molecule has 3 aromatic carbocycles. The average molecular weight is 375 g/mol. The average Bonchev–Trinajstić information content (AvgIpc) is 2.73. The number of ether oxygens (including phenoxy) is 2. The molecule has 28 heavy (non-hydrogen) atoms. The number of rotatable bonds is 8. The van der Waals surface area contributed by atoms with E-state index in [1.165, 1.54) is 5.56 Å². The largest absolute Gasteiger partial charge is 0.496 e. The number of hydrogen-bond donors (Lipinski definition) is 1. The summed E-state index contributed by atoms with van der Waals surface area (Å²) < 4.78 is 11.2. The van der Waals surface area contributed by atoms with E-state index in [0.717, 1.165) is 29.0 Å². The van der Waals surface area contributed by atoms with Gasteiger partial charge < -0.3 is 14.8 Å². The lowest BCUT2D eigenvalue weighted by Gasteiger charge is -2.18. The number of carbonyl (C=O) groups excluding carboxylic acids is 1. The van der Waals surface area contributed by atoms with E-state index in [0.29, 0.717) is 0 Å². The molecule has 4 heteroatoms. The van der Waals surface area contributed by atoms with E-state index in [-0.39, 0.29) is 18.6 Å². The molecule has 0 heterocycles. The van der Waals surface area contributed by atoms with Crippen LogP contribution in [-0.2, 0) is 11.2 Å². The molecule has 144 valence electrons. The molecular formula is C24H25NO3. The number of nitrogens with one attached hydrogen (secondary N) is 1. The minimum absolute atomic E-state index is 0.0364. The van der Waals surface area contributed by atoms with Crippen molar-refractivity contribution in [3.63, 3.8) is 0 Å². The van der Waals surface area contributed by atoms with Crippen LogP contribution in [0.2, 0.25) is 0 Å². The number of benzene rings is 3. The number of para-hydroxylation sites is 2. The molecule has 1 N–H and O–H groups in total. The Balaban J connectivity index is 1.60. The molecule has 4 nitrogen and oxygen atoms in total. The van der Waals surface area contributed by atoms with E-state index < -0.39 is 0 Å². The highest BCUT2D eigenvalue weighted by Crippen LogP contribution is 2.24. The van der Waals surface area contributed by atoms with Crippen LogP contribution in [0.1, 0.15) is 29.7 Å². The summed E-state index contributed by atoms with van der Waals surface area (Å²) in [6, 6.07) is 25.5. The minimum Gasteiger partial charge on any atom is -0.496 e. The van der Waals surface area contributed by atoms with Crippen LogP contribution in [0.25, 0.3) is 0 Å². The van der Waals surface area contributed by atoms with Gasteiger partial charge >= 0.3 is 0 Å². The van der Waals surface area contributed by atoms with Crippen molar-refractivity contribution in [2.24, 2.45) is 0 Å². The Bertz CT molecular complexity index is 908. The van der Waals surface area contributed by atoms with Crippen molar-refractivity contribution in [2.75, 3.05) is 13.7 Å². The first-order valence-electron chi connectivity index (χ1n) is 9.34. The van der Waals surface area contributed by atoms with E-state index in [1.807, 2.05) is 73.7 Å². The summed E-state index contributed by atoms with van der Waals surface area (Å²) >= 11 is 0. The van der Waals surface area contributed by atoms with Crippen LogP contribution < -0.4 is 14.8 Å². The van der Waals surface area contributed by atoms with Gasteiger partial charge in [0.25, 0.3) is 5.91 Å². The monoisotopic (exact) mass is 375 g/mol. The van der Waals surface area contributed by atoms with Crippen LogP contribution in [0, 0.1) is 0 Å². The lowest BCUT2D eigenvalue weighted by atomic mass is 10.0. The number of carbonyl (C=O) groups is 1. The highest BCUT2D eigenvalue weighted by Gasteiger charge is 2.14. The van der Waals surface area contributed by atoms with Crippen LogP contribution in [0.3, 0.4) is 0 Å². The van der Waals surface area contributed by atoms with Crippen LogP contribution in [0.4, 0.5) is 0 Å². The second-order valence-corrected chi connectivity index (χ2v) is 6.59. The molecule has 1 atom stereocenters. The highest BCUT2D eigenvalue weighted by atomic mass is 16.5. The van der Waals surface area contributed by atoms with Gasteiger partial charge in [-0.25, -0.2) is 0 Å². The summed E-state index contributed by atoms with van der Waals surface area (Å²) in [7, 11) is 1.63. The third kappa shape index (κ3) is 5.13. The Morgan fingerprint density at radius 3 is 2.29 bits per heavy atom. The first-order chi connectivity index (χ1) is 13.7. The van der Waals surface area contributed by atoms with Gasteiger partial charge in [-0.1, -0.05) is 66.7 Å². The number of hydrogen-bond acceptors (Lipinski definition) is 3. The van der Waals surface area contributed by atoms with E-state index >= 15 is 0 Å². The molecule has 3 aromatic rings. The summed E-state index contributed by atoms with van der Waals surface area (Å²) in [6.07, 6.45) is 0.760. The van der Waals surface area contributed by atoms with Crippen molar-refractivity contribution >= 4 is 5.91 Å². The van der Waals surface area contributed by atoms with Crippen LogP contribution in [0.15, 0.2) is 78.9 Å². The Morgan fingerprint density at radius 2 is 1.54 bits per heavy atom. The maximum atomic E-state index is 12.4. The molecule has 0 radical (unpaired) electrons. The standard InChI is InChI=1S/C24H25NO3/c1-18(21-13-7-9-15-23(21)27-2)25-24(26)17-28-22-14-8-6-12-20(22)16-19-10-4-3-5-11-19/h3-15,18H,16-17H2,1-2H3,(H,25,26)/t18-/m0/s1. The van der Waals surface area contributed by atoms with Gasteiger partial charge in [-0.2, -0.15) is 0 Å². The molecule has 3 rings (SSSR count). The molecule has 0 fully saturated rings. The predicted molar refractivity (Wildman–Crippen MR) is 111 cm³/mol. The Morgan fingerprint density at radius 1 is 0.893 bits per heavy atom. The fourth-order valence-electron chi connectivity index (χ4n) is 3.13. The summed E-state index contributed by atoms with van der Waals surface area (Å²) in [5.41, 5.74) is 3.19. The van der Waals surface area contributed by atoms with Gasteiger partial charge in [-0.15, -0.1) is 0 Å². The van der Waals surface area contributed by atoms with E-state index in [2.05, 4.69) is 17.4 Å². The third-order valence-electron chi connectivity index (χ3n) is 4.55. The van der Waals surface area contributed by atoms with Crippen LogP contribution in [-0.4, -0.2) is 19.6 Å². The zero-order valence-corrected chi connectivity index (χ0v) is 16.2. The molecular weight excluding hydrogens is 350 g/mol. The second-order valence-electron chi connectivity index (χ2n) is 6.59. The van der Waals surface area contributed by atoms with Gasteiger partial charge in [0.2, 0.25) is 0 Å². The first-order valence-corrected chi connectivity index (χ1v) is 9.34. The van der Waals surface area contributed by atoms with Gasteiger partial charge in [-0.05, 0) is 30.2 Å². The molecule has 0 aliphatic heterocycles. The van der Waals surface area contributed by atoms with E-state index in [4.69, 9.17) is 9.47 Å². The predicted octanol–water partition coefficient (Wildman–Crippen LogP) is 4.54. The smallest absolute Gasteiger partial charge is 0.258 e. The summed E-state index contributed by atoms with van der Waals surface area (Å²) in [4.78, 5) is 12.4. The van der Waals surface area contributed by atoms with Gasteiger partial charge in [0.15, 0.2) is 6.61 Å². The van der Waals surface area contributed by atoms with Gasteiger partial charge in [0.1, 0.15) is 11.5 Å². The summed E-state index contributed by atoms with van der Waals surface area (Å²) in [5.74, 6) is 1.31. The van der Waals surface area contributed by atoms with Crippen molar-refractivity contribution in [1.82, 2.24) is 5.32 Å². The van der Waals surface area contributed by atoms with Crippen LogP contribution >= 0.6 is 0 Å². The van der Waals surface area contributed by atoms with Crippen LogP contribution in [0.5, 0.6) is 11.5 Å². The minimum atomic E-state index is -0.174. The van der Waals surface area contributed by atoms with Crippen molar-refractivity contribution < 1.29 is 14.3 Å². The normalized spacial score (nSPS) is 11.5. The van der Waals surface area contributed by atoms with Gasteiger partial charge in [0.05, 0.1) is 13.2 Å². The van der Waals surface area contributed by atoms with E-state index in [9.17, 15) is 4.79 Å². The maximum absolute atomic E-state index is 12.4. The third-order valence-corrected chi connectivity index (χ3v) is 4.55. The molecule has 0 aliphatic rings. The lowest BCUT2D eigenvalue weighted by molar-refractivity contribution is -0.123. The quantitative estimate of drug-likeness (QED) is 0.629. The lowest BCUT2D eigenvalue weighted by Crippen LogP contribution is -2.31. The molecule has 0 aliphatic carbocycles. The van der Waals surface area contributed by atoms with Gasteiger partial charge in [0, 0.05) is 12.0 Å². The van der Waals surface area contributed by atoms with E-state index in [1.54, 1.807) is 7.11 Å². The molecule has 0 aromatic heterocycles. The van der Waals surface area contributed by atoms with Crippen molar-refractivity contribution in [3.8, 4) is 11.5 Å². The molecule has 1 amide bonds. The molecule has 0 spiro atoms. The molecule has 0 saturated heterocycles. The second kappa shape index (κ2) is 9.60. The molecule has 0 bridgehead atoms. The van der Waals surface area contributed by atoms with Crippen molar-refractivity contribution in [3.05, 3.63) is 95.6 Å². The Hall–Kier alpha value is -3.27. The topological polar surface area (TPSA) is 47.6 Å². The highest BCUT2D eigenvalue weighted by molar-refractivity contribution is 5.78. The number of methoxy groups -OCH3 is 1. The SMILES string of the molecule is COc1ccccc1[C@H](C)NC(=O)COc1ccccc1Cc1ccccc1. The maximum Gasteiger partial charge on any atom is 0.258 e. The first kappa shape index (κ1) is 19.5. The van der Waals surface area contributed by atoms with Crippen molar-refractivity contribution in [1.29, 1.82) is 0 Å². The Kier molecular flexibility index (Phi) is 6.68. The fourth-order valence-corrected chi connectivity index (χ4v) is 3.13.